The van der Waals surface area contributed by atoms with Crippen molar-refractivity contribution in [1.82, 2.24) is 51.0 Å². The molecule has 113 heavy (non-hydrogen) atoms. The van der Waals surface area contributed by atoms with E-state index in [1.54, 1.807) is 5.32 Å². The van der Waals surface area contributed by atoms with E-state index >= 15 is 35.1 Å². The first-order chi connectivity index (χ1) is 52.6. The monoisotopic (exact) mass is 1650 g/mol. The van der Waals surface area contributed by atoms with Gasteiger partial charge < -0.3 is 63.6 Å². The van der Waals surface area contributed by atoms with Gasteiger partial charge in [0, 0.05) is 90.3 Å². The number of nitrogens with one attached hydrogen (secondary N) is 4. The molecule has 3 aliphatic heterocycles. The third-order valence-electron chi connectivity index (χ3n) is 19.2. The average molecular weight is 1650 g/mol. The number of halogens is 10. The topological polar surface area (TPSA) is 401 Å². The van der Waals surface area contributed by atoms with Gasteiger partial charge in [-0.05, 0) is 107 Å². The van der Waals surface area contributed by atoms with Crippen LogP contribution in [-0.2, 0) is 81.5 Å². The Morgan fingerprint density at radius 2 is 1.34 bits per heavy atom. The molecule has 0 radical (unpaired) electrons. The summed E-state index contributed by atoms with van der Waals surface area (Å²) in [4.78, 5) is 149. The molecule has 2 aromatic heterocycles. The molecule has 3 aromatic carbocycles. The third kappa shape index (κ3) is 23.6. The maximum absolute atomic E-state index is 16.7. The number of benzene rings is 3. The van der Waals surface area contributed by atoms with E-state index in [4.69, 9.17) is 23.5 Å². The first-order valence-electron chi connectivity index (χ1n) is 34.5. The molecule has 618 valence electrons. The van der Waals surface area contributed by atoms with Crippen LogP contribution in [0.15, 0.2) is 73.2 Å². The number of anilines is 1. The number of phosphoric acid groups is 1. The van der Waals surface area contributed by atoms with Crippen LogP contribution in [0.5, 0.6) is 5.75 Å². The molecule has 5 heterocycles. The van der Waals surface area contributed by atoms with Gasteiger partial charge in [0.15, 0.2) is 5.78 Å². The van der Waals surface area contributed by atoms with Crippen LogP contribution in [0.1, 0.15) is 113 Å². The number of amides is 4. The molecule has 2 unspecified atom stereocenters. The number of alkyl halides is 8. The van der Waals surface area contributed by atoms with Crippen LogP contribution in [0.4, 0.5) is 64.2 Å². The van der Waals surface area contributed by atoms with Crippen molar-refractivity contribution in [3.63, 3.8) is 0 Å². The number of hydrogen-bond donors (Lipinski definition) is 8. The first kappa shape index (κ1) is 89.0. The van der Waals surface area contributed by atoms with Crippen molar-refractivity contribution in [2.75, 3.05) is 65.0 Å². The zero-order chi connectivity index (χ0) is 83.7. The molecule has 3 saturated heterocycles. The SMILES string of the molecule is COC(=O)N[C@H](C(=O)C[C@@H](Cc1ccc(C#Cc2cnc(N3CC4CCC(C3)N4C3COC3)nc2)cc1)[C@H](CN(Cc1c(F)cc(-c2ccn(C(F)F)n2)cc1F)NC(=O)[C@@H](NC(=O)OC)C(C)(C)C(F)(F)F)OC(=O)OCOC(=O)CC(C)(C)c1c(CC(=O)NCP(=O)(O)O)cc(C)cc1OP(=O)(O)O)C(C)(C)C(F)(F)F. The number of ketones is 1. The average Bonchev–Trinajstić information content (AvgIpc) is 1.69. The number of alkyl carbamates (subject to hydrolysis) is 2. The van der Waals surface area contributed by atoms with Crippen LogP contribution < -0.4 is 30.8 Å². The number of fused-ring (bicyclic) bond motifs is 2. The predicted molar refractivity (Wildman–Crippen MR) is 375 cm³/mol. The van der Waals surface area contributed by atoms with E-state index in [1.165, 1.54) is 63.5 Å². The number of Topliss-reactive ketones (excluding diaryl/α,β-unsaturated/α-hetero) is 1. The molecule has 2 bridgehead atoms. The van der Waals surface area contributed by atoms with Crippen molar-refractivity contribution >= 4 is 63.3 Å². The van der Waals surface area contributed by atoms with Crippen LogP contribution in [-0.4, -0.2) is 200 Å². The van der Waals surface area contributed by atoms with Gasteiger partial charge in [-0.3, -0.25) is 43.9 Å². The summed E-state index contributed by atoms with van der Waals surface area (Å²) in [7, 11) is -8.83. The predicted octanol–water partition coefficient (Wildman–Crippen LogP) is 8.71. The number of nitrogens with zero attached hydrogens (tertiary/aromatic N) is 7. The number of esters is 1. The van der Waals surface area contributed by atoms with Gasteiger partial charge in [-0.2, -0.15) is 40.2 Å². The summed E-state index contributed by atoms with van der Waals surface area (Å²) in [6.45, 7) is 1.22. The summed E-state index contributed by atoms with van der Waals surface area (Å²) in [6.07, 6.45) is -17.1. The molecule has 4 amide bonds. The molecular weight excluding hydrogens is 1570 g/mol. The molecular formula is C70H83F10N11O20P2. The van der Waals surface area contributed by atoms with E-state index in [2.05, 4.69) is 46.2 Å². The second-order valence-electron chi connectivity index (χ2n) is 28.8. The maximum Gasteiger partial charge on any atom is 0.524 e. The fourth-order valence-corrected chi connectivity index (χ4v) is 13.9. The molecule has 3 fully saturated rings. The number of methoxy groups -OCH3 is 2. The number of phosphoric ester groups is 1. The van der Waals surface area contributed by atoms with E-state index in [1.807, 2.05) is 16.1 Å². The highest BCUT2D eigenvalue weighted by Gasteiger charge is 2.58. The number of piperazine rings is 1. The maximum atomic E-state index is 16.7. The summed E-state index contributed by atoms with van der Waals surface area (Å²) < 4.78 is 211. The first-order valence-corrected chi connectivity index (χ1v) is 37.8. The molecule has 0 aliphatic carbocycles. The molecule has 8 rings (SSSR count). The highest BCUT2D eigenvalue weighted by atomic mass is 31.2. The van der Waals surface area contributed by atoms with Gasteiger partial charge in [0.1, 0.15) is 41.9 Å². The van der Waals surface area contributed by atoms with Crippen LogP contribution in [0.3, 0.4) is 0 Å². The van der Waals surface area contributed by atoms with Crippen molar-refractivity contribution in [1.29, 1.82) is 0 Å². The number of hydrazine groups is 1. The summed E-state index contributed by atoms with van der Waals surface area (Å²) in [5.74, 6) is -4.99. The zero-order valence-corrected chi connectivity index (χ0v) is 63.9. The molecule has 0 spiro atoms. The van der Waals surface area contributed by atoms with Gasteiger partial charge >= 0.3 is 58.6 Å². The molecule has 3 aliphatic rings. The second kappa shape index (κ2) is 36.3. The van der Waals surface area contributed by atoms with Gasteiger partial charge in [-0.25, -0.2) is 47.4 Å². The fraction of sp³-hybridized carbons (Fsp3) is 0.514. The van der Waals surface area contributed by atoms with E-state index in [9.17, 15) is 71.0 Å². The Balaban J connectivity index is 1.19. The largest absolute Gasteiger partial charge is 0.524 e. The van der Waals surface area contributed by atoms with Gasteiger partial charge in [0.25, 0.3) is 5.91 Å². The number of aromatic nitrogens is 4. The lowest BCUT2D eigenvalue weighted by Crippen LogP contribution is -2.62. The van der Waals surface area contributed by atoms with Crippen molar-refractivity contribution in [2.45, 2.75) is 154 Å². The lowest BCUT2D eigenvalue weighted by atomic mass is 9.77. The fourth-order valence-electron chi connectivity index (χ4n) is 13.2. The van der Waals surface area contributed by atoms with Gasteiger partial charge in [-0.1, -0.05) is 43.9 Å². The minimum Gasteiger partial charge on any atom is -0.453 e. The Morgan fingerprint density at radius 3 is 1.87 bits per heavy atom. The van der Waals surface area contributed by atoms with Crippen LogP contribution >= 0.6 is 15.4 Å². The highest BCUT2D eigenvalue weighted by molar-refractivity contribution is 7.51. The number of ether oxygens (including phenoxy) is 6. The van der Waals surface area contributed by atoms with Crippen molar-refractivity contribution in [2.24, 2.45) is 16.7 Å². The highest BCUT2D eigenvalue weighted by Crippen LogP contribution is 2.47. The molecule has 0 saturated carbocycles. The third-order valence-corrected chi connectivity index (χ3v) is 20.2. The van der Waals surface area contributed by atoms with Gasteiger partial charge in [0.05, 0.1) is 74.9 Å². The Hall–Kier alpha value is -9.52. The molecule has 5 aromatic rings. The van der Waals surface area contributed by atoms with E-state index < -0.39 is 203 Å². The molecule has 43 heteroatoms. The van der Waals surface area contributed by atoms with Crippen molar-refractivity contribution in [3.05, 3.63) is 124 Å². The summed E-state index contributed by atoms with van der Waals surface area (Å²) in [5, 5.41) is 9.61. The molecule has 6 atom stereocenters. The van der Waals surface area contributed by atoms with Crippen LogP contribution in [0.25, 0.3) is 11.3 Å². The number of hydrogen-bond acceptors (Lipinski definition) is 22. The van der Waals surface area contributed by atoms with E-state index in [0.29, 0.717) is 113 Å². The van der Waals surface area contributed by atoms with Gasteiger partial charge in [-0.15, -0.1) is 0 Å². The Labute approximate surface area is 639 Å². The quantitative estimate of drug-likeness (QED) is 0.00379. The Bertz CT molecular complexity index is 4420. The normalized spacial score (nSPS) is 16.8. The van der Waals surface area contributed by atoms with Crippen molar-refractivity contribution in [3.8, 4) is 28.8 Å². The number of rotatable bonds is 32. The zero-order valence-electron chi connectivity index (χ0n) is 62.1. The summed E-state index contributed by atoms with van der Waals surface area (Å²) in [5.41, 5.74) is -7.62. The van der Waals surface area contributed by atoms with Crippen molar-refractivity contribution < 1.29 is 139 Å². The lowest BCUT2D eigenvalue weighted by Gasteiger charge is -2.47. The standard InChI is InChI=1S/C70H83F10N11O20P2/c1-38-20-44(26-55(93)83-36-112(99,100)101)57(53(21-38)111-113(102,103)104)66(2,3)27-56(94)108-37-109-65(98)110-54(33-89(87-60(95)59(85-64(97)106-9)68(6,7)70(78,79)80)32-48-49(71)23-42(24-50(48)72)51-18-19-90(86-51)61(73)74)43(25-52(92)58(84-63(96)105-8)67(4,5)69(75,76)77)22-40-13-10-39(11-14-40)12-15-41-28-81-62(82-29-41)88-30-45-16-17-46(31-88)91(45)47-34-107-35-47/h10-11,13-14,18-21,23-24,28-29,43,45-47,54,58-59,61H,16-17,22,25-27,30-37H2,1-9H3,(H,83,93)(H,84,96)(H,85,97)(H,87,95)(H2,99,100,101)(H2,102,103,104)/t43-,45?,46?,54+,58-,59-/m1/s1. The van der Waals surface area contributed by atoms with Crippen LogP contribution in [0.2, 0.25) is 0 Å². The second-order valence-corrected chi connectivity index (χ2v) is 31.6. The van der Waals surface area contributed by atoms with E-state index in [0.717, 1.165) is 38.3 Å². The summed E-state index contributed by atoms with van der Waals surface area (Å²) in [6, 6.07) is 5.72. The Kier molecular flexibility index (Phi) is 28.6. The van der Waals surface area contributed by atoms with E-state index in [-0.39, 0.29) is 26.9 Å². The minimum absolute atomic E-state index is 0.0986. The van der Waals surface area contributed by atoms with Crippen LogP contribution in [0, 0.1) is 47.1 Å². The summed E-state index contributed by atoms with van der Waals surface area (Å²) >= 11 is 0. The number of aryl methyl sites for hydroxylation is 1. The Morgan fingerprint density at radius 1 is 0.761 bits per heavy atom. The molecule has 8 N–H and O–H groups in total. The smallest absolute Gasteiger partial charge is 0.453 e. The number of carbonyl (C=O) groups is 7. The lowest BCUT2D eigenvalue weighted by molar-refractivity contribution is -0.221. The minimum atomic E-state index is -5.46. The van der Waals surface area contributed by atoms with Gasteiger partial charge in [0.2, 0.25) is 18.6 Å². The molecule has 31 nitrogen and oxygen atoms in total. The number of carbonyl (C=O) groups excluding carboxylic acids is 7.